The van der Waals surface area contributed by atoms with E-state index in [0.717, 1.165) is 6.42 Å². The highest BCUT2D eigenvalue weighted by atomic mass is 16.5. The molecule has 1 rings (SSSR count). The zero-order valence-electron chi connectivity index (χ0n) is 7.34. The first-order valence-corrected chi connectivity index (χ1v) is 4.36. The van der Waals surface area contributed by atoms with E-state index in [9.17, 15) is 9.59 Å². The Hall–Kier alpha value is -0.700. The molecule has 0 saturated carbocycles. The Kier molecular flexibility index (Phi) is 3.41. The lowest BCUT2D eigenvalue weighted by atomic mass is 9.99. The van der Waals surface area contributed by atoms with Crippen LogP contribution in [0.15, 0.2) is 0 Å². The fourth-order valence-electron chi connectivity index (χ4n) is 1.25. The van der Waals surface area contributed by atoms with Crippen molar-refractivity contribution in [2.45, 2.75) is 26.2 Å². The molecule has 0 aromatic carbocycles. The molecule has 68 valence electrons. The fraction of sp³-hybridized carbons (Fsp3) is 0.778. The van der Waals surface area contributed by atoms with E-state index in [4.69, 9.17) is 4.74 Å². The third-order valence-corrected chi connectivity index (χ3v) is 2.15. The van der Waals surface area contributed by atoms with E-state index in [1.807, 2.05) is 0 Å². The van der Waals surface area contributed by atoms with Gasteiger partial charge in [-0.25, -0.2) is 0 Å². The molecule has 1 aliphatic heterocycles. The molecule has 12 heavy (non-hydrogen) atoms. The second-order valence-electron chi connectivity index (χ2n) is 3.10. The molecule has 0 N–H and O–H groups in total. The van der Waals surface area contributed by atoms with Gasteiger partial charge < -0.3 is 4.74 Å². The minimum absolute atomic E-state index is 0.0134. The maximum Gasteiger partial charge on any atom is 0.145 e. The number of ketones is 2. The number of hydrogen-bond donors (Lipinski definition) is 0. The smallest absolute Gasteiger partial charge is 0.145 e. The monoisotopic (exact) mass is 170 g/mol. The Morgan fingerprint density at radius 1 is 1.50 bits per heavy atom. The lowest BCUT2D eigenvalue weighted by Gasteiger charge is -2.03. The maximum absolute atomic E-state index is 11.3. The van der Waals surface area contributed by atoms with Crippen molar-refractivity contribution in [2.75, 3.05) is 13.2 Å². The van der Waals surface area contributed by atoms with Crippen LogP contribution in [0.1, 0.15) is 26.2 Å². The minimum atomic E-state index is -0.0134. The Morgan fingerprint density at radius 2 is 2.25 bits per heavy atom. The van der Waals surface area contributed by atoms with Crippen LogP contribution in [-0.4, -0.2) is 24.8 Å². The first-order valence-electron chi connectivity index (χ1n) is 4.36. The summed E-state index contributed by atoms with van der Waals surface area (Å²) in [5.41, 5.74) is 0. The summed E-state index contributed by atoms with van der Waals surface area (Å²) in [6.45, 7) is 2.95. The third-order valence-electron chi connectivity index (χ3n) is 2.15. The van der Waals surface area contributed by atoms with Gasteiger partial charge in [-0.15, -0.1) is 0 Å². The predicted octanol–water partition coefficient (Wildman–Crippen LogP) is 0.961. The molecule has 1 fully saturated rings. The molecule has 1 unspecified atom stereocenters. The van der Waals surface area contributed by atoms with Crippen LogP contribution in [0.2, 0.25) is 0 Å². The normalized spacial score (nSPS) is 22.6. The number of carbonyl (C=O) groups excluding carboxylic acids is 2. The molecule has 3 heteroatoms. The van der Waals surface area contributed by atoms with Crippen LogP contribution in [0, 0.1) is 5.92 Å². The number of carbonyl (C=O) groups is 2. The summed E-state index contributed by atoms with van der Waals surface area (Å²) in [5, 5.41) is 0. The molecule has 3 nitrogen and oxygen atoms in total. The molecule has 0 spiro atoms. The summed E-state index contributed by atoms with van der Waals surface area (Å²) in [6, 6.07) is 0. The molecule has 1 heterocycles. The van der Waals surface area contributed by atoms with Crippen molar-refractivity contribution in [3.63, 3.8) is 0 Å². The number of hydrogen-bond acceptors (Lipinski definition) is 3. The van der Waals surface area contributed by atoms with Crippen molar-refractivity contribution in [3.05, 3.63) is 0 Å². The van der Waals surface area contributed by atoms with Crippen LogP contribution in [0.25, 0.3) is 0 Å². The van der Waals surface area contributed by atoms with Crippen molar-refractivity contribution >= 4 is 11.6 Å². The van der Waals surface area contributed by atoms with Gasteiger partial charge in [0.2, 0.25) is 0 Å². The quantitative estimate of drug-likeness (QED) is 0.590. The summed E-state index contributed by atoms with van der Waals surface area (Å²) >= 11 is 0. The van der Waals surface area contributed by atoms with Gasteiger partial charge in [0.1, 0.15) is 11.6 Å². The van der Waals surface area contributed by atoms with Crippen molar-refractivity contribution in [1.82, 2.24) is 0 Å². The predicted molar refractivity (Wildman–Crippen MR) is 43.8 cm³/mol. The number of rotatable bonds is 4. The highest BCUT2D eigenvalue weighted by Gasteiger charge is 2.24. The van der Waals surface area contributed by atoms with E-state index < -0.39 is 0 Å². The van der Waals surface area contributed by atoms with Gasteiger partial charge in [-0.2, -0.15) is 0 Å². The Balaban J connectivity index is 2.32. The highest BCUT2D eigenvalue weighted by Crippen LogP contribution is 2.15. The molecule has 1 atom stereocenters. The number of Topliss-reactive ketones (excluding diaryl/α,β-unsaturated/α-hetero) is 2. The Labute approximate surface area is 72.1 Å². The molecule has 0 aromatic rings. The van der Waals surface area contributed by atoms with E-state index in [1.165, 1.54) is 0 Å². The maximum atomic E-state index is 11.3. The summed E-state index contributed by atoms with van der Waals surface area (Å²) in [5.74, 6) is 0.0757. The van der Waals surface area contributed by atoms with E-state index >= 15 is 0 Å². The number of ether oxygens (including phenoxy) is 1. The lowest BCUT2D eigenvalue weighted by Crippen LogP contribution is -2.17. The second-order valence-corrected chi connectivity index (χ2v) is 3.10. The standard InChI is InChI=1S/C9H14O3/c1-2-8(10)5-9(11)7-3-4-12-6-7/h7H,2-6H2,1H3. The lowest BCUT2D eigenvalue weighted by molar-refractivity contribution is -0.129. The SMILES string of the molecule is CCC(=O)CC(=O)C1CCOC1. The summed E-state index contributed by atoms with van der Waals surface area (Å²) in [7, 11) is 0. The van der Waals surface area contributed by atoms with Crippen LogP contribution < -0.4 is 0 Å². The summed E-state index contributed by atoms with van der Waals surface area (Å²) in [6.07, 6.45) is 1.35. The van der Waals surface area contributed by atoms with Crippen molar-refractivity contribution in [2.24, 2.45) is 5.92 Å². The van der Waals surface area contributed by atoms with Gasteiger partial charge in [-0.05, 0) is 6.42 Å². The van der Waals surface area contributed by atoms with Gasteiger partial charge in [0.15, 0.2) is 0 Å². The minimum Gasteiger partial charge on any atom is -0.381 e. The van der Waals surface area contributed by atoms with E-state index in [1.54, 1.807) is 6.92 Å². The molecular formula is C9H14O3. The highest BCUT2D eigenvalue weighted by molar-refractivity contribution is 6.00. The van der Waals surface area contributed by atoms with Gasteiger partial charge in [0, 0.05) is 18.9 Å². The van der Waals surface area contributed by atoms with Crippen LogP contribution in [0.4, 0.5) is 0 Å². The third kappa shape index (κ3) is 2.41. The van der Waals surface area contributed by atoms with Gasteiger partial charge in [-0.3, -0.25) is 9.59 Å². The fourth-order valence-corrected chi connectivity index (χ4v) is 1.25. The molecule has 0 bridgehead atoms. The Morgan fingerprint density at radius 3 is 2.75 bits per heavy atom. The van der Waals surface area contributed by atoms with E-state index in [0.29, 0.717) is 19.6 Å². The Bertz CT molecular complexity index is 180. The average molecular weight is 170 g/mol. The van der Waals surface area contributed by atoms with Crippen LogP contribution in [-0.2, 0) is 14.3 Å². The van der Waals surface area contributed by atoms with Gasteiger partial charge in [0.05, 0.1) is 13.0 Å². The molecule has 1 saturated heterocycles. The molecule has 0 aromatic heterocycles. The topological polar surface area (TPSA) is 43.4 Å². The van der Waals surface area contributed by atoms with Gasteiger partial charge in [-0.1, -0.05) is 6.92 Å². The first-order chi connectivity index (χ1) is 5.74. The first kappa shape index (κ1) is 9.39. The largest absolute Gasteiger partial charge is 0.381 e. The van der Waals surface area contributed by atoms with Gasteiger partial charge >= 0.3 is 0 Å². The zero-order valence-corrected chi connectivity index (χ0v) is 7.34. The second kappa shape index (κ2) is 4.36. The van der Waals surface area contributed by atoms with Crippen LogP contribution in [0.5, 0.6) is 0 Å². The van der Waals surface area contributed by atoms with Gasteiger partial charge in [0.25, 0.3) is 0 Å². The van der Waals surface area contributed by atoms with Crippen molar-refractivity contribution in [3.8, 4) is 0 Å². The van der Waals surface area contributed by atoms with E-state index in [2.05, 4.69) is 0 Å². The van der Waals surface area contributed by atoms with E-state index in [-0.39, 0.29) is 23.9 Å². The molecule has 0 radical (unpaired) electrons. The van der Waals surface area contributed by atoms with Crippen LogP contribution >= 0.6 is 0 Å². The molecule has 0 aliphatic carbocycles. The molecule has 1 aliphatic rings. The summed E-state index contributed by atoms with van der Waals surface area (Å²) in [4.78, 5) is 22.2. The van der Waals surface area contributed by atoms with Crippen LogP contribution in [0.3, 0.4) is 0 Å². The average Bonchev–Trinajstić information content (AvgIpc) is 2.56. The zero-order chi connectivity index (χ0) is 8.97. The summed E-state index contributed by atoms with van der Waals surface area (Å²) < 4.78 is 5.06. The van der Waals surface area contributed by atoms with Crippen molar-refractivity contribution < 1.29 is 14.3 Å². The van der Waals surface area contributed by atoms with Crippen molar-refractivity contribution in [1.29, 1.82) is 0 Å². The molecule has 0 amide bonds. The molecular weight excluding hydrogens is 156 g/mol.